The van der Waals surface area contributed by atoms with Crippen molar-refractivity contribution in [2.24, 2.45) is 5.92 Å². The molecule has 0 N–H and O–H groups in total. The summed E-state index contributed by atoms with van der Waals surface area (Å²) in [4.78, 5) is 33.0. The summed E-state index contributed by atoms with van der Waals surface area (Å²) in [5.74, 6) is 0.629. The molecule has 0 bridgehead atoms. The van der Waals surface area contributed by atoms with Crippen LogP contribution in [0.4, 0.5) is 10.6 Å². The third-order valence-corrected chi connectivity index (χ3v) is 6.60. The number of amides is 1. The standard InChI is InChI=1S/C29H30N4O3S/c1-18(2)16-33-26(32(6)28(35)36-29(3,4)5)24(19-10-8-7-9-11-19)23-14-20(12-13-22(23)27(33)34)25-31-21(15-30)17-37-25/h7-14,17-18H,16H2,1-6H3. The molecule has 37 heavy (non-hydrogen) atoms. The lowest BCUT2D eigenvalue weighted by Gasteiger charge is -2.29. The fourth-order valence-electron chi connectivity index (χ4n) is 4.21. The van der Waals surface area contributed by atoms with Crippen LogP contribution in [0, 0.1) is 17.2 Å². The maximum Gasteiger partial charge on any atom is 0.415 e. The first kappa shape index (κ1) is 26.1. The minimum atomic E-state index is -0.700. The van der Waals surface area contributed by atoms with E-state index in [-0.39, 0.29) is 11.5 Å². The van der Waals surface area contributed by atoms with E-state index < -0.39 is 11.7 Å². The lowest BCUT2D eigenvalue weighted by molar-refractivity contribution is 0.0587. The molecule has 0 fully saturated rings. The smallest absolute Gasteiger partial charge is 0.415 e. The summed E-state index contributed by atoms with van der Waals surface area (Å²) >= 11 is 1.37. The Bertz CT molecular complexity index is 1560. The molecule has 0 aliphatic rings. The minimum absolute atomic E-state index is 0.156. The van der Waals surface area contributed by atoms with Crippen molar-refractivity contribution in [2.75, 3.05) is 11.9 Å². The number of rotatable bonds is 5. The van der Waals surface area contributed by atoms with Gasteiger partial charge in [0.25, 0.3) is 5.56 Å². The summed E-state index contributed by atoms with van der Waals surface area (Å²) in [5, 5.41) is 12.9. The third kappa shape index (κ3) is 5.42. The number of aromatic nitrogens is 2. The van der Waals surface area contributed by atoms with E-state index in [1.54, 1.807) is 23.1 Å². The highest BCUT2D eigenvalue weighted by Gasteiger charge is 2.28. The Morgan fingerprint density at radius 3 is 2.43 bits per heavy atom. The number of pyridine rings is 1. The van der Waals surface area contributed by atoms with Gasteiger partial charge in [0.05, 0.1) is 0 Å². The molecule has 1 amide bonds. The Kier molecular flexibility index (Phi) is 7.19. The number of hydrogen-bond donors (Lipinski definition) is 0. The molecule has 2 aromatic carbocycles. The van der Waals surface area contributed by atoms with Gasteiger partial charge in [-0.1, -0.05) is 50.2 Å². The van der Waals surface area contributed by atoms with Crippen LogP contribution < -0.4 is 10.5 Å². The number of nitrogens with zero attached hydrogens (tertiary/aromatic N) is 4. The predicted molar refractivity (Wildman–Crippen MR) is 149 cm³/mol. The van der Waals surface area contributed by atoms with E-state index in [0.29, 0.717) is 33.8 Å². The van der Waals surface area contributed by atoms with Crippen molar-refractivity contribution in [1.82, 2.24) is 9.55 Å². The van der Waals surface area contributed by atoms with Crippen LogP contribution in [0.3, 0.4) is 0 Å². The molecule has 0 saturated heterocycles. The molecule has 2 heterocycles. The van der Waals surface area contributed by atoms with Gasteiger partial charge in [-0.25, -0.2) is 9.78 Å². The Hall–Kier alpha value is -3.96. The normalized spacial score (nSPS) is 11.5. The first-order valence-electron chi connectivity index (χ1n) is 12.1. The summed E-state index contributed by atoms with van der Waals surface area (Å²) in [6.45, 7) is 9.94. The molecule has 8 heteroatoms. The van der Waals surface area contributed by atoms with Crippen molar-refractivity contribution in [2.45, 2.75) is 46.8 Å². The van der Waals surface area contributed by atoms with Crippen molar-refractivity contribution in [1.29, 1.82) is 5.26 Å². The molecular formula is C29H30N4O3S. The zero-order valence-electron chi connectivity index (χ0n) is 21.9. The molecule has 190 valence electrons. The van der Waals surface area contributed by atoms with Crippen LogP contribution in [-0.2, 0) is 11.3 Å². The van der Waals surface area contributed by atoms with E-state index in [0.717, 1.165) is 16.7 Å². The van der Waals surface area contributed by atoms with E-state index in [1.165, 1.54) is 16.2 Å². The Morgan fingerprint density at radius 2 is 1.84 bits per heavy atom. The average Bonchev–Trinajstić information content (AvgIpc) is 3.33. The number of carbonyl (C=O) groups is 1. The van der Waals surface area contributed by atoms with Crippen LogP contribution >= 0.6 is 11.3 Å². The maximum absolute atomic E-state index is 13.9. The number of fused-ring (bicyclic) bond motifs is 1. The minimum Gasteiger partial charge on any atom is -0.443 e. The second-order valence-electron chi connectivity index (χ2n) is 10.3. The third-order valence-electron chi connectivity index (χ3n) is 5.70. The van der Waals surface area contributed by atoms with Gasteiger partial charge in [0.2, 0.25) is 0 Å². The molecule has 0 aliphatic carbocycles. The van der Waals surface area contributed by atoms with Gasteiger partial charge in [0.1, 0.15) is 22.5 Å². The first-order valence-corrected chi connectivity index (χ1v) is 13.0. The van der Waals surface area contributed by atoms with Crippen LogP contribution in [0.2, 0.25) is 0 Å². The quantitative estimate of drug-likeness (QED) is 0.296. The number of benzene rings is 2. The Labute approximate surface area is 220 Å². The summed E-state index contributed by atoms with van der Waals surface area (Å²) < 4.78 is 7.37. The SMILES string of the molecule is CC(C)Cn1c(N(C)C(=O)OC(C)(C)C)c(-c2ccccc2)c2cc(-c3nc(C#N)cs3)ccc2c1=O. The lowest BCUT2D eigenvalue weighted by Crippen LogP contribution is -2.38. The van der Waals surface area contributed by atoms with E-state index in [9.17, 15) is 14.9 Å². The monoisotopic (exact) mass is 514 g/mol. The molecule has 0 saturated carbocycles. The van der Waals surface area contributed by atoms with E-state index in [1.807, 2.05) is 77.1 Å². The van der Waals surface area contributed by atoms with Gasteiger partial charge in [0.15, 0.2) is 5.69 Å². The number of thiazole rings is 1. The van der Waals surface area contributed by atoms with Crippen molar-refractivity contribution >= 4 is 34.0 Å². The van der Waals surface area contributed by atoms with Crippen LogP contribution in [0.1, 0.15) is 40.3 Å². The van der Waals surface area contributed by atoms with Crippen LogP contribution in [0.15, 0.2) is 58.7 Å². The largest absolute Gasteiger partial charge is 0.443 e. The fraction of sp³-hybridized carbons (Fsp3) is 0.310. The molecule has 0 radical (unpaired) electrons. The van der Waals surface area contributed by atoms with Crippen LogP contribution in [0.5, 0.6) is 0 Å². The number of hydrogen-bond acceptors (Lipinski definition) is 6. The Balaban J connectivity index is 2.10. The van der Waals surface area contributed by atoms with E-state index >= 15 is 0 Å². The van der Waals surface area contributed by atoms with Gasteiger partial charge in [-0.3, -0.25) is 14.3 Å². The summed E-state index contributed by atoms with van der Waals surface area (Å²) in [7, 11) is 1.64. The molecule has 4 rings (SSSR count). The highest BCUT2D eigenvalue weighted by atomic mass is 32.1. The molecule has 0 spiro atoms. The average molecular weight is 515 g/mol. The first-order chi connectivity index (χ1) is 17.5. The van der Waals surface area contributed by atoms with Crippen LogP contribution in [0.25, 0.3) is 32.5 Å². The predicted octanol–water partition coefficient (Wildman–Crippen LogP) is 6.69. The molecule has 2 aromatic heterocycles. The van der Waals surface area contributed by atoms with Crippen molar-refractivity contribution in [3.63, 3.8) is 0 Å². The van der Waals surface area contributed by atoms with Gasteiger partial charge in [-0.15, -0.1) is 11.3 Å². The topological polar surface area (TPSA) is 88.2 Å². The molecule has 7 nitrogen and oxygen atoms in total. The maximum atomic E-state index is 13.9. The highest BCUT2D eigenvalue weighted by molar-refractivity contribution is 7.13. The fourth-order valence-corrected chi connectivity index (χ4v) is 4.96. The van der Waals surface area contributed by atoms with Gasteiger partial charge in [0, 0.05) is 35.5 Å². The van der Waals surface area contributed by atoms with Crippen LogP contribution in [-0.4, -0.2) is 28.3 Å². The molecule has 0 aliphatic heterocycles. The van der Waals surface area contributed by atoms with Crippen molar-refractivity contribution in [3.8, 4) is 27.8 Å². The van der Waals surface area contributed by atoms with Gasteiger partial charge in [-0.2, -0.15) is 5.26 Å². The number of ether oxygens (including phenoxy) is 1. The number of anilines is 1. The Morgan fingerprint density at radius 1 is 1.14 bits per heavy atom. The van der Waals surface area contributed by atoms with Gasteiger partial charge < -0.3 is 4.74 Å². The van der Waals surface area contributed by atoms with Gasteiger partial charge >= 0.3 is 6.09 Å². The van der Waals surface area contributed by atoms with Crippen molar-refractivity contribution in [3.05, 3.63) is 70.0 Å². The number of nitriles is 1. The summed E-state index contributed by atoms with van der Waals surface area (Å²) in [6, 6.07) is 17.4. The summed E-state index contributed by atoms with van der Waals surface area (Å²) in [5.41, 5.74) is 1.88. The zero-order chi connectivity index (χ0) is 26.9. The summed E-state index contributed by atoms with van der Waals surface area (Å²) in [6.07, 6.45) is -0.546. The highest BCUT2D eigenvalue weighted by Crippen LogP contribution is 2.38. The molecule has 4 aromatic rings. The lowest BCUT2D eigenvalue weighted by atomic mass is 9.96. The second kappa shape index (κ2) is 10.2. The second-order valence-corrected chi connectivity index (χ2v) is 11.2. The zero-order valence-corrected chi connectivity index (χ0v) is 22.7. The molecular weight excluding hydrogens is 484 g/mol. The molecule has 0 unspecified atom stereocenters. The number of carbonyl (C=O) groups excluding carboxylic acids is 1. The molecule has 0 atom stereocenters. The van der Waals surface area contributed by atoms with E-state index in [4.69, 9.17) is 4.74 Å². The van der Waals surface area contributed by atoms with E-state index in [2.05, 4.69) is 11.1 Å². The van der Waals surface area contributed by atoms with Gasteiger partial charge in [-0.05, 0) is 49.8 Å². The van der Waals surface area contributed by atoms with Crippen molar-refractivity contribution < 1.29 is 9.53 Å².